The maximum absolute atomic E-state index is 5.59. The van der Waals surface area contributed by atoms with Gasteiger partial charge in [0.2, 0.25) is 0 Å². The van der Waals surface area contributed by atoms with Crippen molar-refractivity contribution in [2.45, 2.75) is 73.0 Å². The molecule has 0 unspecified atom stereocenters. The minimum Gasteiger partial charge on any atom is -0.296 e. The third kappa shape index (κ3) is 8.52. The number of nitrogens with one attached hydrogen (secondary N) is 1. The molecular weight excluding hydrogens is 174 g/mol. The van der Waals surface area contributed by atoms with Crippen LogP contribution in [0.1, 0.15) is 61.8 Å². The molecule has 0 amide bonds. The summed E-state index contributed by atoms with van der Waals surface area (Å²) in [6, 6.07) is 0. The summed E-state index contributed by atoms with van der Waals surface area (Å²) < 4.78 is 0. The predicted molar refractivity (Wildman–Crippen MR) is 62.1 cm³/mol. The molecule has 0 aromatic carbocycles. The van der Waals surface area contributed by atoms with Gasteiger partial charge in [-0.25, -0.2) is 0 Å². The van der Waals surface area contributed by atoms with E-state index in [1.165, 1.54) is 0 Å². The molecule has 2 nitrogen and oxygen atoms in total. The van der Waals surface area contributed by atoms with Gasteiger partial charge >= 0.3 is 0 Å². The zero-order valence-electron chi connectivity index (χ0n) is 11.1. The summed E-state index contributed by atoms with van der Waals surface area (Å²) in [5.41, 5.74) is 3.36. The number of hydrogen-bond acceptors (Lipinski definition) is 2. The molecular formula is C12H27NO. The molecule has 0 aliphatic heterocycles. The lowest BCUT2D eigenvalue weighted by Crippen LogP contribution is -2.45. The molecule has 0 rings (SSSR count). The van der Waals surface area contributed by atoms with E-state index in [0.717, 1.165) is 6.42 Å². The lowest BCUT2D eigenvalue weighted by atomic mass is 9.82. The molecule has 0 saturated heterocycles. The Morgan fingerprint density at radius 2 is 1.29 bits per heavy atom. The highest BCUT2D eigenvalue weighted by atomic mass is 16.7. The van der Waals surface area contributed by atoms with Crippen molar-refractivity contribution in [3.05, 3.63) is 0 Å². The van der Waals surface area contributed by atoms with Crippen molar-refractivity contribution in [3.63, 3.8) is 0 Å². The molecule has 0 atom stereocenters. The van der Waals surface area contributed by atoms with Crippen molar-refractivity contribution in [2.24, 2.45) is 5.41 Å². The molecule has 14 heavy (non-hydrogen) atoms. The number of hydroxylamine groups is 1. The van der Waals surface area contributed by atoms with Gasteiger partial charge in [-0.1, -0.05) is 20.8 Å². The molecule has 0 bridgehead atoms. The van der Waals surface area contributed by atoms with Gasteiger partial charge in [-0.3, -0.25) is 4.84 Å². The van der Waals surface area contributed by atoms with E-state index in [4.69, 9.17) is 4.84 Å². The topological polar surface area (TPSA) is 21.3 Å². The lowest BCUT2D eigenvalue weighted by Gasteiger charge is -2.35. The second-order valence-electron chi connectivity index (χ2n) is 6.94. The van der Waals surface area contributed by atoms with E-state index in [0.29, 0.717) is 5.41 Å². The quantitative estimate of drug-likeness (QED) is 0.705. The van der Waals surface area contributed by atoms with E-state index in [-0.39, 0.29) is 11.1 Å². The van der Waals surface area contributed by atoms with Crippen LogP contribution in [0.2, 0.25) is 0 Å². The minimum atomic E-state index is -0.130. The zero-order chi connectivity index (χ0) is 11.6. The van der Waals surface area contributed by atoms with E-state index in [2.05, 4.69) is 40.1 Å². The van der Waals surface area contributed by atoms with E-state index < -0.39 is 0 Å². The third-order valence-corrected chi connectivity index (χ3v) is 1.61. The Labute approximate surface area is 89.4 Å². The van der Waals surface area contributed by atoms with Gasteiger partial charge < -0.3 is 0 Å². The Hall–Kier alpha value is -0.0800. The summed E-state index contributed by atoms with van der Waals surface area (Å²) in [6.45, 7) is 17.2. The summed E-state index contributed by atoms with van der Waals surface area (Å²) in [5, 5.41) is 0. The molecule has 0 heterocycles. The Morgan fingerprint density at radius 3 is 1.57 bits per heavy atom. The van der Waals surface area contributed by atoms with Crippen molar-refractivity contribution >= 4 is 0 Å². The lowest BCUT2D eigenvalue weighted by molar-refractivity contribution is -0.112. The Morgan fingerprint density at radius 1 is 0.857 bits per heavy atom. The highest BCUT2D eigenvalue weighted by Crippen LogP contribution is 2.27. The summed E-state index contributed by atoms with van der Waals surface area (Å²) in [4.78, 5) is 5.59. The maximum Gasteiger partial charge on any atom is 0.0813 e. The SMILES string of the molecule is CC(C)(C)CC(C)(C)NOC(C)(C)C. The molecule has 2 heteroatoms. The van der Waals surface area contributed by atoms with Gasteiger partial charge in [0.15, 0.2) is 0 Å². The third-order valence-electron chi connectivity index (χ3n) is 1.61. The van der Waals surface area contributed by atoms with Crippen LogP contribution in [0, 0.1) is 5.41 Å². The van der Waals surface area contributed by atoms with Crippen LogP contribution in [-0.4, -0.2) is 11.1 Å². The maximum atomic E-state index is 5.59. The smallest absolute Gasteiger partial charge is 0.0813 e. The molecule has 0 aromatic rings. The molecule has 0 aliphatic rings. The van der Waals surface area contributed by atoms with Crippen LogP contribution in [-0.2, 0) is 4.84 Å². The van der Waals surface area contributed by atoms with Crippen LogP contribution < -0.4 is 5.48 Å². The molecule has 0 aliphatic carbocycles. The van der Waals surface area contributed by atoms with Crippen LogP contribution in [0.25, 0.3) is 0 Å². The number of hydrogen-bond donors (Lipinski definition) is 1. The van der Waals surface area contributed by atoms with Crippen LogP contribution in [0.4, 0.5) is 0 Å². The monoisotopic (exact) mass is 201 g/mol. The second-order valence-corrected chi connectivity index (χ2v) is 6.94. The molecule has 0 radical (unpaired) electrons. The average molecular weight is 201 g/mol. The Bertz CT molecular complexity index is 172. The van der Waals surface area contributed by atoms with Crippen LogP contribution in [0.15, 0.2) is 0 Å². The van der Waals surface area contributed by atoms with E-state index >= 15 is 0 Å². The van der Waals surface area contributed by atoms with Crippen molar-refractivity contribution in [1.29, 1.82) is 0 Å². The normalized spacial score (nSPS) is 14.6. The predicted octanol–water partition coefficient (Wildman–Crippen LogP) is 3.52. The standard InChI is InChI=1S/C12H27NO/c1-10(2,3)9-12(7,8)13-14-11(4,5)6/h13H,9H2,1-8H3. The van der Waals surface area contributed by atoms with Gasteiger partial charge in [0, 0.05) is 5.54 Å². The van der Waals surface area contributed by atoms with E-state index in [1.54, 1.807) is 0 Å². The fourth-order valence-corrected chi connectivity index (χ4v) is 1.65. The first kappa shape index (κ1) is 13.9. The van der Waals surface area contributed by atoms with Crippen LogP contribution in [0.5, 0.6) is 0 Å². The van der Waals surface area contributed by atoms with Crippen molar-refractivity contribution in [2.75, 3.05) is 0 Å². The molecule has 86 valence electrons. The first-order valence-corrected chi connectivity index (χ1v) is 5.37. The van der Waals surface area contributed by atoms with Gasteiger partial charge in [0.25, 0.3) is 0 Å². The second kappa shape index (κ2) is 4.19. The van der Waals surface area contributed by atoms with Gasteiger partial charge in [0.05, 0.1) is 5.60 Å². The van der Waals surface area contributed by atoms with Gasteiger partial charge in [0.1, 0.15) is 0 Å². The Kier molecular flexibility index (Phi) is 4.17. The Balaban J connectivity index is 4.09. The number of rotatable bonds is 3. The summed E-state index contributed by atoms with van der Waals surface area (Å²) in [6.07, 6.45) is 1.08. The van der Waals surface area contributed by atoms with Crippen LogP contribution in [0.3, 0.4) is 0 Å². The minimum absolute atomic E-state index is 0.0194. The zero-order valence-corrected chi connectivity index (χ0v) is 11.1. The summed E-state index contributed by atoms with van der Waals surface area (Å²) in [5.74, 6) is 0. The van der Waals surface area contributed by atoms with Gasteiger partial charge in [-0.05, 0) is 46.5 Å². The first-order valence-electron chi connectivity index (χ1n) is 5.37. The van der Waals surface area contributed by atoms with E-state index in [1.807, 2.05) is 20.8 Å². The fraction of sp³-hybridized carbons (Fsp3) is 1.00. The average Bonchev–Trinajstić information content (AvgIpc) is 1.76. The highest BCUT2D eigenvalue weighted by molar-refractivity contribution is 4.80. The highest BCUT2D eigenvalue weighted by Gasteiger charge is 2.27. The van der Waals surface area contributed by atoms with Crippen LogP contribution >= 0.6 is 0 Å². The summed E-state index contributed by atoms with van der Waals surface area (Å²) >= 11 is 0. The van der Waals surface area contributed by atoms with Gasteiger partial charge in [-0.15, -0.1) is 0 Å². The first-order chi connectivity index (χ1) is 5.91. The molecule has 0 fully saturated rings. The van der Waals surface area contributed by atoms with Crippen molar-refractivity contribution in [3.8, 4) is 0 Å². The fourth-order valence-electron chi connectivity index (χ4n) is 1.65. The molecule has 1 N–H and O–H groups in total. The largest absolute Gasteiger partial charge is 0.296 e. The van der Waals surface area contributed by atoms with Crippen molar-refractivity contribution < 1.29 is 4.84 Å². The van der Waals surface area contributed by atoms with E-state index in [9.17, 15) is 0 Å². The molecule has 0 saturated carbocycles. The molecule has 0 aromatic heterocycles. The summed E-state index contributed by atoms with van der Waals surface area (Å²) in [7, 11) is 0. The molecule has 0 spiro atoms. The van der Waals surface area contributed by atoms with Crippen molar-refractivity contribution in [1.82, 2.24) is 5.48 Å². The van der Waals surface area contributed by atoms with Gasteiger partial charge in [-0.2, -0.15) is 5.48 Å².